The summed E-state index contributed by atoms with van der Waals surface area (Å²) < 4.78 is 15.9. The molecular formula is C27H37NO7. The Morgan fingerprint density at radius 3 is 2.57 bits per heavy atom. The number of fused-ring (bicyclic) bond motifs is 1. The van der Waals surface area contributed by atoms with Gasteiger partial charge in [-0.2, -0.15) is 0 Å². The normalized spacial score (nSPS) is 18.9. The van der Waals surface area contributed by atoms with Crippen molar-refractivity contribution in [2.24, 2.45) is 11.3 Å². The Bertz CT molecular complexity index is 1050. The molecule has 0 bridgehead atoms. The Kier molecular flexibility index (Phi) is 7.82. The van der Waals surface area contributed by atoms with Gasteiger partial charge in [0.25, 0.3) is 0 Å². The van der Waals surface area contributed by atoms with Crippen LogP contribution in [0.15, 0.2) is 11.6 Å². The van der Waals surface area contributed by atoms with Crippen LogP contribution in [-0.2, 0) is 27.3 Å². The molecule has 0 aliphatic carbocycles. The van der Waals surface area contributed by atoms with Gasteiger partial charge in [-0.3, -0.25) is 4.79 Å². The van der Waals surface area contributed by atoms with Crippen LogP contribution in [-0.4, -0.2) is 47.7 Å². The number of imide groups is 1. The van der Waals surface area contributed by atoms with Crippen molar-refractivity contribution in [3.05, 3.63) is 33.9 Å². The standard InChI is InChI=1S/C27H37NO7/c1-8-9-17(24(30)28-20(27(4,5)6)14-35-26(28)32)12-15(2)10-11-18-22(29)21-19(13-34-25(21)31)16(3)23(18)33-7/h10,17,20,29H,8-9,11-14H2,1-7H3/b15-10+/t17?,20-/m1/s1. The summed E-state index contributed by atoms with van der Waals surface area (Å²) in [7, 11) is 1.53. The molecule has 1 aromatic carbocycles. The number of carbonyl (C=O) groups is 3. The Hall–Kier alpha value is -3.03. The topological polar surface area (TPSA) is 102 Å². The molecule has 2 aliphatic heterocycles. The molecule has 8 nitrogen and oxygen atoms in total. The number of cyclic esters (lactones) is 2. The minimum atomic E-state index is -0.576. The SMILES string of the molecule is CCCC(C/C(C)=C/Cc1c(O)c2c(c(C)c1OC)COC2=O)C(=O)N1C(=O)OC[C@@H]1C(C)(C)C. The lowest BCUT2D eigenvalue weighted by Gasteiger charge is -2.33. The predicted octanol–water partition coefficient (Wildman–Crippen LogP) is 5.07. The summed E-state index contributed by atoms with van der Waals surface area (Å²) in [5, 5.41) is 10.8. The zero-order chi connectivity index (χ0) is 26.1. The van der Waals surface area contributed by atoms with Crippen LogP contribution in [0.25, 0.3) is 0 Å². The first-order valence-corrected chi connectivity index (χ1v) is 12.2. The van der Waals surface area contributed by atoms with E-state index in [1.54, 1.807) is 0 Å². The second-order valence-corrected chi connectivity index (χ2v) is 10.5. The van der Waals surface area contributed by atoms with Crippen LogP contribution in [0.3, 0.4) is 0 Å². The van der Waals surface area contributed by atoms with E-state index in [9.17, 15) is 19.5 Å². The van der Waals surface area contributed by atoms with E-state index >= 15 is 0 Å². The lowest BCUT2D eigenvalue weighted by Crippen LogP contribution is -2.48. The second-order valence-electron chi connectivity index (χ2n) is 10.5. The maximum absolute atomic E-state index is 13.5. The number of ether oxygens (including phenoxy) is 3. The number of benzene rings is 1. The van der Waals surface area contributed by atoms with Gasteiger partial charge >= 0.3 is 12.1 Å². The average molecular weight is 488 g/mol. The molecule has 1 unspecified atom stereocenters. The fourth-order valence-electron chi connectivity index (χ4n) is 4.94. The quantitative estimate of drug-likeness (QED) is 0.403. The molecule has 0 saturated carbocycles. The third kappa shape index (κ3) is 5.16. The summed E-state index contributed by atoms with van der Waals surface area (Å²) in [5.41, 5.74) is 2.78. The van der Waals surface area contributed by atoms with E-state index < -0.39 is 12.1 Å². The van der Waals surface area contributed by atoms with E-state index in [1.165, 1.54) is 12.0 Å². The zero-order valence-corrected chi connectivity index (χ0v) is 21.8. The van der Waals surface area contributed by atoms with Crippen LogP contribution in [0, 0.1) is 18.3 Å². The monoisotopic (exact) mass is 487 g/mol. The largest absolute Gasteiger partial charge is 0.507 e. The van der Waals surface area contributed by atoms with E-state index in [0.29, 0.717) is 36.1 Å². The van der Waals surface area contributed by atoms with Crippen LogP contribution in [0.4, 0.5) is 4.79 Å². The molecule has 0 aromatic heterocycles. The number of amides is 2. The Morgan fingerprint density at radius 2 is 1.97 bits per heavy atom. The molecule has 3 rings (SSSR count). The number of methoxy groups -OCH3 is 1. The van der Waals surface area contributed by atoms with Gasteiger partial charge in [-0.05, 0) is 44.1 Å². The summed E-state index contributed by atoms with van der Waals surface area (Å²) in [6.45, 7) is 12.1. The van der Waals surface area contributed by atoms with E-state index in [1.807, 2.05) is 47.6 Å². The van der Waals surface area contributed by atoms with Gasteiger partial charge in [0, 0.05) is 17.0 Å². The Labute approximate surface area is 207 Å². The number of carbonyl (C=O) groups excluding carboxylic acids is 3. The molecule has 1 fully saturated rings. The summed E-state index contributed by atoms with van der Waals surface area (Å²) in [6, 6.07) is -0.304. The van der Waals surface area contributed by atoms with E-state index in [-0.39, 0.29) is 47.8 Å². The lowest BCUT2D eigenvalue weighted by molar-refractivity contribution is -0.135. The van der Waals surface area contributed by atoms with Gasteiger partial charge in [0.05, 0.1) is 13.2 Å². The van der Waals surface area contributed by atoms with Gasteiger partial charge < -0.3 is 19.3 Å². The van der Waals surface area contributed by atoms with Gasteiger partial charge in [-0.25, -0.2) is 14.5 Å². The summed E-state index contributed by atoms with van der Waals surface area (Å²) in [4.78, 5) is 39.3. The number of phenolic OH excluding ortho intramolecular Hbond substituents is 1. The average Bonchev–Trinajstić information content (AvgIpc) is 3.37. The van der Waals surface area contributed by atoms with Crippen LogP contribution in [0.1, 0.15) is 80.9 Å². The van der Waals surface area contributed by atoms with Crippen molar-refractivity contribution >= 4 is 18.0 Å². The molecule has 2 aliphatic rings. The number of phenols is 1. The van der Waals surface area contributed by atoms with Gasteiger partial charge in [0.15, 0.2) is 0 Å². The van der Waals surface area contributed by atoms with E-state index in [0.717, 1.165) is 17.6 Å². The molecule has 1 N–H and O–H groups in total. The van der Waals surface area contributed by atoms with Crippen LogP contribution in [0.5, 0.6) is 11.5 Å². The first-order valence-electron chi connectivity index (χ1n) is 12.2. The van der Waals surface area contributed by atoms with Crippen molar-refractivity contribution < 1.29 is 33.7 Å². The van der Waals surface area contributed by atoms with Crippen molar-refractivity contribution in [3.63, 3.8) is 0 Å². The van der Waals surface area contributed by atoms with Gasteiger partial charge in [0.1, 0.15) is 30.3 Å². The molecule has 2 amide bonds. The molecule has 0 radical (unpaired) electrons. The molecule has 8 heteroatoms. The minimum absolute atomic E-state index is 0.119. The van der Waals surface area contributed by atoms with Crippen LogP contribution >= 0.6 is 0 Å². The number of rotatable bonds is 8. The van der Waals surface area contributed by atoms with Crippen LogP contribution in [0.2, 0.25) is 0 Å². The fourth-order valence-corrected chi connectivity index (χ4v) is 4.94. The highest BCUT2D eigenvalue weighted by Crippen LogP contribution is 2.42. The van der Waals surface area contributed by atoms with Crippen molar-refractivity contribution in [3.8, 4) is 11.5 Å². The minimum Gasteiger partial charge on any atom is -0.507 e. The van der Waals surface area contributed by atoms with Crippen LogP contribution < -0.4 is 4.74 Å². The maximum Gasteiger partial charge on any atom is 0.417 e. The molecule has 2 heterocycles. The predicted molar refractivity (Wildman–Crippen MR) is 130 cm³/mol. The number of nitrogens with zero attached hydrogens (tertiary/aromatic N) is 1. The first-order chi connectivity index (χ1) is 16.4. The van der Waals surface area contributed by atoms with Gasteiger partial charge in [0.2, 0.25) is 5.91 Å². The molecule has 1 aromatic rings. The summed E-state index contributed by atoms with van der Waals surface area (Å²) in [5.74, 6) is -0.706. The first kappa shape index (κ1) is 26.6. The lowest BCUT2D eigenvalue weighted by atomic mass is 9.85. The highest BCUT2D eigenvalue weighted by Gasteiger charge is 2.45. The van der Waals surface area contributed by atoms with Gasteiger partial charge in [-0.15, -0.1) is 0 Å². The fraction of sp³-hybridized carbons (Fsp3) is 0.593. The number of allylic oxidation sites excluding steroid dienone is 2. The van der Waals surface area contributed by atoms with Crippen molar-refractivity contribution in [2.75, 3.05) is 13.7 Å². The molecule has 192 valence electrons. The molecule has 1 saturated heterocycles. The molecule has 35 heavy (non-hydrogen) atoms. The van der Waals surface area contributed by atoms with Gasteiger partial charge in [-0.1, -0.05) is 45.8 Å². The third-order valence-electron chi connectivity index (χ3n) is 6.97. The smallest absolute Gasteiger partial charge is 0.417 e. The van der Waals surface area contributed by atoms with Crippen molar-refractivity contribution in [1.29, 1.82) is 0 Å². The van der Waals surface area contributed by atoms with Crippen molar-refractivity contribution in [2.45, 2.75) is 79.9 Å². The van der Waals surface area contributed by atoms with E-state index in [2.05, 4.69) is 0 Å². The number of aromatic hydroxyl groups is 1. The molecule has 0 spiro atoms. The summed E-state index contributed by atoms with van der Waals surface area (Å²) >= 11 is 0. The second kappa shape index (κ2) is 10.3. The maximum atomic E-state index is 13.5. The highest BCUT2D eigenvalue weighted by molar-refractivity contribution is 5.98. The number of hydrogen-bond acceptors (Lipinski definition) is 7. The Morgan fingerprint density at radius 1 is 1.29 bits per heavy atom. The molecule has 2 atom stereocenters. The highest BCUT2D eigenvalue weighted by atomic mass is 16.6. The Balaban J connectivity index is 1.84. The number of esters is 1. The number of hydrogen-bond donors (Lipinski definition) is 1. The van der Waals surface area contributed by atoms with E-state index in [4.69, 9.17) is 14.2 Å². The zero-order valence-electron chi connectivity index (χ0n) is 21.8. The van der Waals surface area contributed by atoms with Crippen molar-refractivity contribution in [1.82, 2.24) is 4.90 Å². The third-order valence-corrected chi connectivity index (χ3v) is 6.97. The molecular weight excluding hydrogens is 450 g/mol. The summed E-state index contributed by atoms with van der Waals surface area (Å²) in [6.07, 6.45) is 3.60.